The van der Waals surface area contributed by atoms with E-state index in [4.69, 9.17) is 11.6 Å². The Balaban J connectivity index is 1.89. The van der Waals surface area contributed by atoms with Gasteiger partial charge in [-0.3, -0.25) is 9.52 Å². The first kappa shape index (κ1) is 17.8. The summed E-state index contributed by atoms with van der Waals surface area (Å²) in [6.07, 6.45) is 1.41. The first-order chi connectivity index (χ1) is 11.8. The van der Waals surface area contributed by atoms with Crippen LogP contribution >= 0.6 is 11.6 Å². The number of amides is 1. The average molecular weight is 379 g/mol. The highest BCUT2D eigenvalue weighted by molar-refractivity contribution is 7.92. The first-order valence-electron chi connectivity index (χ1n) is 7.98. The second kappa shape index (κ2) is 6.69. The van der Waals surface area contributed by atoms with Gasteiger partial charge in [0.2, 0.25) is 5.91 Å². The van der Waals surface area contributed by atoms with E-state index in [1.54, 1.807) is 42.2 Å². The van der Waals surface area contributed by atoms with E-state index in [0.29, 0.717) is 29.2 Å². The zero-order chi connectivity index (χ0) is 18.2. The van der Waals surface area contributed by atoms with Crippen LogP contribution in [0.3, 0.4) is 0 Å². The molecule has 0 unspecified atom stereocenters. The lowest BCUT2D eigenvalue weighted by Crippen LogP contribution is -2.24. The quantitative estimate of drug-likeness (QED) is 0.877. The molecule has 0 radical (unpaired) electrons. The molecule has 1 N–H and O–H groups in total. The van der Waals surface area contributed by atoms with E-state index in [1.807, 2.05) is 6.92 Å². The summed E-state index contributed by atoms with van der Waals surface area (Å²) in [7, 11) is -3.74. The third-order valence-electron chi connectivity index (χ3n) is 4.25. The number of carbonyl (C=O) groups is 1. The monoisotopic (exact) mass is 378 g/mol. The summed E-state index contributed by atoms with van der Waals surface area (Å²) in [5.41, 5.74) is 2.74. The van der Waals surface area contributed by atoms with Gasteiger partial charge in [-0.25, -0.2) is 8.42 Å². The van der Waals surface area contributed by atoms with Crippen LogP contribution in [0, 0.1) is 13.8 Å². The Morgan fingerprint density at radius 2 is 1.84 bits per heavy atom. The minimum Gasteiger partial charge on any atom is -0.312 e. The molecule has 0 bridgehead atoms. The molecule has 0 aliphatic carbocycles. The van der Waals surface area contributed by atoms with Gasteiger partial charge < -0.3 is 4.90 Å². The van der Waals surface area contributed by atoms with Crippen molar-refractivity contribution in [2.24, 2.45) is 0 Å². The van der Waals surface area contributed by atoms with E-state index < -0.39 is 10.0 Å². The van der Waals surface area contributed by atoms with Gasteiger partial charge in [0.05, 0.1) is 4.90 Å². The summed E-state index contributed by atoms with van der Waals surface area (Å²) in [5, 5.41) is 0.366. The van der Waals surface area contributed by atoms with Gasteiger partial charge in [-0.05, 0) is 61.7 Å². The van der Waals surface area contributed by atoms with Gasteiger partial charge >= 0.3 is 0 Å². The van der Waals surface area contributed by atoms with Crippen molar-refractivity contribution in [2.45, 2.75) is 31.6 Å². The predicted molar refractivity (Wildman–Crippen MR) is 99.8 cm³/mol. The summed E-state index contributed by atoms with van der Waals surface area (Å²) >= 11 is 5.93. The largest absolute Gasteiger partial charge is 0.312 e. The fourth-order valence-electron chi connectivity index (χ4n) is 3.00. The SMILES string of the molecule is Cc1cc(NS(=O)(=O)c2cc(Cl)ccc2C)ccc1N1CCCC1=O. The van der Waals surface area contributed by atoms with E-state index in [2.05, 4.69) is 4.72 Å². The molecule has 1 heterocycles. The van der Waals surface area contributed by atoms with Crippen molar-refractivity contribution in [3.8, 4) is 0 Å². The Morgan fingerprint density at radius 1 is 1.08 bits per heavy atom. The summed E-state index contributed by atoms with van der Waals surface area (Å²) in [6, 6.07) is 9.94. The van der Waals surface area contributed by atoms with Crippen molar-refractivity contribution in [3.63, 3.8) is 0 Å². The maximum absolute atomic E-state index is 12.6. The highest BCUT2D eigenvalue weighted by Gasteiger charge is 2.23. The van der Waals surface area contributed by atoms with E-state index in [0.717, 1.165) is 17.7 Å². The number of anilines is 2. The molecular formula is C18H19ClN2O3S. The van der Waals surface area contributed by atoms with Crippen LogP contribution in [-0.2, 0) is 14.8 Å². The van der Waals surface area contributed by atoms with Gasteiger partial charge in [0, 0.05) is 29.4 Å². The number of benzene rings is 2. The number of rotatable bonds is 4. The number of nitrogens with one attached hydrogen (secondary N) is 1. The summed E-state index contributed by atoms with van der Waals surface area (Å²) in [6.45, 7) is 4.29. The second-order valence-corrected chi connectivity index (χ2v) is 8.25. The van der Waals surface area contributed by atoms with Crippen molar-refractivity contribution in [1.29, 1.82) is 0 Å². The Bertz CT molecular complexity index is 941. The smallest absolute Gasteiger partial charge is 0.262 e. The lowest BCUT2D eigenvalue weighted by atomic mass is 10.1. The zero-order valence-corrected chi connectivity index (χ0v) is 15.6. The molecule has 3 rings (SSSR count). The molecule has 132 valence electrons. The lowest BCUT2D eigenvalue weighted by Gasteiger charge is -2.19. The fraction of sp³-hybridized carbons (Fsp3) is 0.278. The number of halogens is 1. The van der Waals surface area contributed by atoms with Gasteiger partial charge in [0.15, 0.2) is 0 Å². The molecule has 1 amide bonds. The number of hydrogen-bond acceptors (Lipinski definition) is 3. The molecule has 1 aliphatic heterocycles. The maximum Gasteiger partial charge on any atom is 0.262 e. The summed E-state index contributed by atoms with van der Waals surface area (Å²) in [5.74, 6) is 0.103. The van der Waals surface area contributed by atoms with Gasteiger partial charge in [0.25, 0.3) is 10.0 Å². The standard InChI is InChI=1S/C18H19ClN2O3S/c1-12-5-6-14(19)11-17(12)25(23,24)20-15-7-8-16(13(2)10-15)21-9-3-4-18(21)22/h5-8,10-11,20H,3-4,9H2,1-2H3. The van der Waals surface area contributed by atoms with Crippen molar-refractivity contribution in [2.75, 3.05) is 16.2 Å². The zero-order valence-electron chi connectivity index (χ0n) is 14.0. The van der Waals surface area contributed by atoms with Crippen LogP contribution in [0.2, 0.25) is 5.02 Å². The molecule has 1 saturated heterocycles. The molecule has 0 saturated carbocycles. The molecule has 1 aliphatic rings. The van der Waals surface area contributed by atoms with Crippen LogP contribution in [0.15, 0.2) is 41.3 Å². The highest BCUT2D eigenvalue weighted by atomic mass is 35.5. The Kier molecular flexibility index (Phi) is 4.75. The van der Waals surface area contributed by atoms with Gasteiger partial charge in [0.1, 0.15) is 0 Å². The van der Waals surface area contributed by atoms with Crippen LogP contribution in [0.1, 0.15) is 24.0 Å². The van der Waals surface area contributed by atoms with Gasteiger partial charge in [-0.2, -0.15) is 0 Å². The topological polar surface area (TPSA) is 66.5 Å². The molecule has 2 aromatic rings. The van der Waals surface area contributed by atoms with E-state index >= 15 is 0 Å². The fourth-order valence-corrected chi connectivity index (χ4v) is 4.56. The summed E-state index contributed by atoms with van der Waals surface area (Å²) < 4.78 is 27.9. The number of aryl methyl sites for hydroxylation is 2. The van der Waals surface area contributed by atoms with Crippen LogP contribution in [-0.4, -0.2) is 20.9 Å². The summed E-state index contributed by atoms with van der Waals surface area (Å²) in [4.78, 5) is 13.8. The Hall–Kier alpha value is -2.05. The van der Waals surface area contributed by atoms with Gasteiger partial charge in [-0.1, -0.05) is 17.7 Å². The third-order valence-corrected chi connectivity index (χ3v) is 6.01. The van der Waals surface area contributed by atoms with Crippen LogP contribution in [0.4, 0.5) is 11.4 Å². The molecule has 5 nitrogen and oxygen atoms in total. The maximum atomic E-state index is 12.6. The van der Waals surface area contributed by atoms with E-state index in [1.165, 1.54) is 6.07 Å². The van der Waals surface area contributed by atoms with E-state index in [-0.39, 0.29) is 10.8 Å². The second-order valence-electron chi connectivity index (χ2n) is 6.17. The minimum atomic E-state index is -3.74. The number of sulfonamides is 1. The molecule has 0 spiro atoms. The molecule has 0 aromatic heterocycles. The van der Waals surface area contributed by atoms with Crippen molar-refractivity contribution in [3.05, 3.63) is 52.5 Å². The van der Waals surface area contributed by atoms with Crippen LogP contribution in [0.5, 0.6) is 0 Å². The Labute approximate surface area is 152 Å². The molecule has 2 aromatic carbocycles. The average Bonchev–Trinajstić information content (AvgIpc) is 2.95. The third kappa shape index (κ3) is 3.65. The van der Waals surface area contributed by atoms with Gasteiger partial charge in [-0.15, -0.1) is 0 Å². The van der Waals surface area contributed by atoms with E-state index in [9.17, 15) is 13.2 Å². The van der Waals surface area contributed by atoms with Crippen LogP contribution in [0.25, 0.3) is 0 Å². The van der Waals surface area contributed by atoms with Crippen molar-refractivity contribution in [1.82, 2.24) is 0 Å². The first-order valence-corrected chi connectivity index (χ1v) is 9.84. The number of nitrogens with zero attached hydrogens (tertiary/aromatic N) is 1. The van der Waals surface area contributed by atoms with Crippen molar-refractivity contribution < 1.29 is 13.2 Å². The molecular weight excluding hydrogens is 360 g/mol. The molecule has 0 atom stereocenters. The predicted octanol–water partition coefficient (Wildman–Crippen LogP) is 3.88. The van der Waals surface area contributed by atoms with Crippen LogP contribution < -0.4 is 9.62 Å². The lowest BCUT2D eigenvalue weighted by molar-refractivity contribution is -0.117. The van der Waals surface area contributed by atoms with Crippen molar-refractivity contribution >= 4 is 38.9 Å². The number of hydrogen-bond donors (Lipinski definition) is 1. The minimum absolute atomic E-state index is 0.103. The molecule has 7 heteroatoms. The number of carbonyl (C=O) groups excluding carboxylic acids is 1. The molecule has 25 heavy (non-hydrogen) atoms. The normalized spacial score (nSPS) is 14.8. The highest BCUT2D eigenvalue weighted by Crippen LogP contribution is 2.29. The molecule has 1 fully saturated rings. The Morgan fingerprint density at radius 3 is 2.48 bits per heavy atom.